The Morgan fingerprint density at radius 3 is 2.62 bits per heavy atom. The van der Waals surface area contributed by atoms with E-state index in [2.05, 4.69) is 10.2 Å². The Kier molecular flexibility index (Phi) is 8.38. The number of hydrogen-bond donors (Lipinski definition) is 2. The van der Waals surface area contributed by atoms with E-state index in [0.717, 1.165) is 16.1 Å². The van der Waals surface area contributed by atoms with E-state index in [1.54, 1.807) is 6.92 Å². The van der Waals surface area contributed by atoms with Gasteiger partial charge >= 0.3 is 14.1 Å². The zero-order valence-electron chi connectivity index (χ0n) is 15.6. The van der Waals surface area contributed by atoms with Crippen LogP contribution in [0.2, 0.25) is 0 Å². The minimum absolute atomic E-state index is 0.143. The summed E-state index contributed by atoms with van der Waals surface area (Å²) < 4.78 is 18.8. The molecule has 13 heteroatoms. The Balaban J connectivity index is 2.05. The molecule has 0 aromatic heterocycles. The van der Waals surface area contributed by atoms with Crippen LogP contribution in [-0.4, -0.2) is 34.2 Å². The summed E-state index contributed by atoms with van der Waals surface area (Å²) in [7, 11) is -1.84. The lowest BCUT2D eigenvalue weighted by Crippen LogP contribution is -2.37. The van der Waals surface area contributed by atoms with Crippen LogP contribution < -0.4 is 16.1 Å². The molecule has 1 aromatic rings. The summed E-state index contributed by atoms with van der Waals surface area (Å²) in [6.07, 6.45) is -0.118. The van der Waals surface area contributed by atoms with Gasteiger partial charge in [0.1, 0.15) is 16.5 Å². The first-order valence-corrected chi connectivity index (χ1v) is 10.2. The van der Waals surface area contributed by atoms with Gasteiger partial charge in [0.15, 0.2) is 0 Å². The van der Waals surface area contributed by atoms with Crippen LogP contribution in [0.25, 0.3) is 0 Å². The van der Waals surface area contributed by atoms with Crippen molar-refractivity contribution in [3.05, 3.63) is 46.2 Å². The molecule has 0 fully saturated rings. The Morgan fingerprint density at radius 2 is 2.03 bits per heavy atom. The maximum Gasteiger partial charge on any atom is 0.353 e. The number of hydrogen-bond acceptors (Lipinski definition) is 10. The fourth-order valence-electron chi connectivity index (χ4n) is 2.11. The van der Waals surface area contributed by atoms with Crippen LogP contribution in [0.5, 0.6) is 0 Å². The number of hydrazine groups is 2. The molecule has 0 spiro atoms. The molecule has 156 valence electrons. The van der Waals surface area contributed by atoms with Crippen LogP contribution in [0, 0.1) is 5.82 Å². The van der Waals surface area contributed by atoms with Crippen LogP contribution in [0.3, 0.4) is 0 Å². The largest absolute Gasteiger partial charge is 0.591 e. The van der Waals surface area contributed by atoms with Gasteiger partial charge in [-0.15, -0.1) is 5.12 Å². The second-order valence-corrected chi connectivity index (χ2v) is 7.80. The van der Waals surface area contributed by atoms with Crippen molar-refractivity contribution in [3.8, 4) is 0 Å². The summed E-state index contributed by atoms with van der Waals surface area (Å²) in [6.45, 7) is 2.98. The predicted octanol–water partition coefficient (Wildman–Crippen LogP) is 1.52. The van der Waals surface area contributed by atoms with Crippen LogP contribution in [0.15, 0.2) is 39.7 Å². The lowest BCUT2D eigenvalue weighted by molar-refractivity contribution is -0.161. The molecule has 3 N–H and O–H groups in total. The number of ketones is 1. The quantitative estimate of drug-likeness (QED) is 0.181. The van der Waals surface area contributed by atoms with Gasteiger partial charge in [-0.2, -0.15) is 0 Å². The molecular weight excluding hydrogens is 424 g/mol. The number of amides is 1. The molecule has 2 rings (SSSR count). The van der Waals surface area contributed by atoms with Crippen molar-refractivity contribution < 1.29 is 27.9 Å². The van der Waals surface area contributed by atoms with Gasteiger partial charge in [0.2, 0.25) is 5.91 Å². The van der Waals surface area contributed by atoms with E-state index >= 15 is 0 Å². The Labute approximate surface area is 171 Å². The summed E-state index contributed by atoms with van der Waals surface area (Å²) in [5.74, 6) is 3.25. The highest BCUT2D eigenvalue weighted by molar-refractivity contribution is 7.99. The van der Waals surface area contributed by atoms with Gasteiger partial charge in [-0.25, -0.2) is 15.0 Å². The molecular formula is C16H19FN5O5PS. The standard InChI is InChI=1S/C16H19FN5O5PS/c1-10(23)9-15(24)19-11(2)14(7-8-21(18)22-20-28(22)26)29-27-16(25)12-5-3-4-6-13(12)17/h3-6H,7-9,18H2,1-2H3,(H,19,24)/b14-11-. The van der Waals surface area contributed by atoms with Crippen molar-refractivity contribution in [3.63, 3.8) is 0 Å². The number of carbonyl (C=O) groups is 3. The van der Waals surface area contributed by atoms with E-state index in [0.29, 0.717) is 22.6 Å². The van der Waals surface area contributed by atoms with Crippen LogP contribution in [0.1, 0.15) is 37.0 Å². The molecule has 1 aliphatic heterocycles. The fraction of sp³-hybridized carbons (Fsp3) is 0.312. The number of halogens is 1. The van der Waals surface area contributed by atoms with E-state index in [1.807, 2.05) is 0 Å². The molecule has 2 unspecified atom stereocenters. The summed E-state index contributed by atoms with van der Waals surface area (Å²) in [5.41, 5.74) is 0.0982. The molecule has 0 radical (unpaired) electrons. The monoisotopic (exact) mass is 443 g/mol. The first-order valence-electron chi connectivity index (χ1n) is 8.32. The summed E-state index contributed by atoms with van der Waals surface area (Å²) in [6, 6.07) is 5.35. The number of allylic oxidation sites excluding steroid dienone is 1. The van der Waals surface area contributed by atoms with Gasteiger partial charge in [0.25, 0.3) is 0 Å². The zero-order valence-corrected chi connectivity index (χ0v) is 17.3. The van der Waals surface area contributed by atoms with Gasteiger partial charge in [-0.05, 0) is 32.4 Å². The molecule has 1 heterocycles. The average Bonchev–Trinajstić information content (AvgIpc) is 3.37. The molecule has 1 aliphatic rings. The maximum atomic E-state index is 13.7. The number of benzene rings is 1. The first kappa shape index (κ1) is 23.1. The highest BCUT2D eigenvalue weighted by Gasteiger charge is 2.38. The Hall–Kier alpha value is -2.21. The highest BCUT2D eigenvalue weighted by Crippen LogP contribution is 2.39. The third-order valence-electron chi connectivity index (χ3n) is 3.54. The lowest BCUT2D eigenvalue weighted by atomic mass is 10.2. The second-order valence-electron chi connectivity index (χ2n) is 5.93. The van der Waals surface area contributed by atoms with E-state index in [1.165, 1.54) is 25.1 Å². The van der Waals surface area contributed by atoms with Crippen LogP contribution in [0.4, 0.5) is 4.39 Å². The van der Waals surface area contributed by atoms with Crippen molar-refractivity contribution in [2.24, 2.45) is 10.7 Å². The number of nitrogens with two attached hydrogens (primary N) is 1. The number of Topliss-reactive ketones (excluding diaryl/α,β-unsaturated/α-hetero) is 1. The van der Waals surface area contributed by atoms with Gasteiger partial charge in [-0.1, -0.05) is 12.1 Å². The molecule has 1 aromatic carbocycles. The molecule has 10 nitrogen and oxygen atoms in total. The Bertz CT molecular complexity index is 881. The van der Waals surface area contributed by atoms with E-state index in [9.17, 15) is 23.7 Å². The van der Waals surface area contributed by atoms with Crippen molar-refractivity contribution in [2.45, 2.75) is 26.7 Å². The minimum Gasteiger partial charge on any atom is -0.591 e. The van der Waals surface area contributed by atoms with E-state index in [-0.39, 0.29) is 30.7 Å². The topological polar surface area (TPSA) is 140 Å². The lowest BCUT2D eigenvalue weighted by Gasteiger charge is -2.15. The van der Waals surface area contributed by atoms with Crippen molar-refractivity contribution >= 4 is 37.8 Å². The van der Waals surface area contributed by atoms with Crippen molar-refractivity contribution in [1.82, 2.24) is 15.3 Å². The number of carbonyl (C=O) groups excluding carboxylic acids is 3. The van der Waals surface area contributed by atoms with Gasteiger partial charge < -0.3 is 14.4 Å². The SMILES string of the molecule is CC(=O)CC(=O)N/C(C)=C(/CCN(N)N1N=[P+]1[O-])SOC(=O)c1ccccc1F. The van der Waals surface area contributed by atoms with Gasteiger partial charge in [0.05, 0.1) is 28.9 Å². The van der Waals surface area contributed by atoms with Crippen molar-refractivity contribution in [1.29, 1.82) is 0 Å². The van der Waals surface area contributed by atoms with Crippen molar-refractivity contribution in [2.75, 3.05) is 6.54 Å². The molecule has 2 atom stereocenters. The highest BCUT2D eigenvalue weighted by atomic mass is 32.2. The van der Waals surface area contributed by atoms with Gasteiger partial charge in [-0.3, -0.25) is 9.59 Å². The zero-order chi connectivity index (χ0) is 21.6. The molecule has 29 heavy (non-hydrogen) atoms. The summed E-state index contributed by atoms with van der Waals surface area (Å²) in [4.78, 5) is 51.2. The second kappa shape index (κ2) is 10.5. The molecule has 0 bridgehead atoms. The van der Waals surface area contributed by atoms with Crippen LogP contribution >= 0.6 is 20.1 Å². The number of nitrogens with zero attached hydrogens (tertiary/aromatic N) is 3. The Morgan fingerprint density at radius 1 is 1.38 bits per heavy atom. The predicted molar refractivity (Wildman–Crippen MR) is 102 cm³/mol. The average molecular weight is 443 g/mol. The third-order valence-corrected chi connectivity index (χ3v) is 5.28. The molecule has 0 aliphatic carbocycles. The normalized spacial score (nSPS) is 17.3. The van der Waals surface area contributed by atoms with Gasteiger partial charge in [0, 0.05) is 17.1 Å². The molecule has 0 saturated carbocycles. The number of rotatable bonds is 10. The van der Waals surface area contributed by atoms with Crippen LogP contribution in [-0.2, 0) is 13.8 Å². The van der Waals surface area contributed by atoms with E-state index in [4.69, 9.17) is 10.0 Å². The fourth-order valence-corrected chi connectivity index (χ4v) is 3.31. The number of nitrogens with one attached hydrogen (secondary N) is 1. The molecule has 0 saturated heterocycles. The first-order chi connectivity index (χ1) is 13.7. The summed E-state index contributed by atoms with van der Waals surface area (Å²) in [5, 5.41) is 3.66. The summed E-state index contributed by atoms with van der Waals surface area (Å²) >= 11 is 0.637. The third kappa shape index (κ3) is 7.28. The molecule has 1 amide bonds. The maximum absolute atomic E-state index is 13.7. The van der Waals surface area contributed by atoms with E-state index < -0.39 is 25.8 Å². The minimum atomic E-state index is -1.84. The smallest absolute Gasteiger partial charge is 0.353 e.